The number of hydrogen-bond acceptors (Lipinski definition) is 0. The predicted octanol–water partition coefficient (Wildman–Crippen LogP) is 9.00. The zero-order chi connectivity index (χ0) is 18.6. The van der Waals surface area contributed by atoms with Crippen LogP contribution in [0.15, 0.2) is 38.0 Å². The molecule has 0 rings (SSSR count). The Kier molecular flexibility index (Phi) is 18.9. The summed E-state index contributed by atoms with van der Waals surface area (Å²) in [4.78, 5) is 0. The Morgan fingerprint density at radius 3 is 1.48 bits per heavy atom. The molecule has 0 heterocycles. The van der Waals surface area contributed by atoms with Crippen molar-refractivity contribution in [2.24, 2.45) is 5.92 Å². The number of rotatable bonds is 20. The van der Waals surface area contributed by atoms with Crippen molar-refractivity contribution in [1.82, 2.24) is 0 Å². The predicted molar refractivity (Wildman–Crippen MR) is 117 cm³/mol. The average Bonchev–Trinajstić information content (AvgIpc) is 2.61. The first-order valence-corrected chi connectivity index (χ1v) is 11.0. The van der Waals surface area contributed by atoms with Crippen molar-refractivity contribution in [2.45, 2.75) is 110 Å². The van der Waals surface area contributed by atoms with Gasteiger partial charge in [0.15, 0.2) is 0 Å². The maximum absolute atomic E-state index is 3.95. The van der Waals surface area contributed by atoms with Crippen molar-refractivity contribution in [3.8, 4) is 0 Å². The summed E-state index contributed by atoms with van der Waals surface area (Å²) >= 11 is 0. The molecule has 25 heavy (non-hydrogen) atoms. The molecule has 1 atom stereocenters. The van der Waals surface area contributed by atoms with Crippen LogP contribution in [0.5, 0.6) is 0 Å². The van der Waals surface area contributed by atoms with Crippen molar-refractivity contribution in [1.29, 1.82) is 0 Å². The third kappa shape index (κ3) is 15.2. The van der Waals surface area contributed by atoms with Gasteiger partial charge in [0.25, 0.3) is 0 Å². The topological polar surface area (TPSA) is 0 Å². The van der Waals surface area contributed by atoms with E-state index in [1.54, 1.807) is 5.92 Å². The van der Waals surface area contributed by atoms with Crippen molar-refractivity contribution in [3.63, 3.8) is 0 Å². The lowest BCUT2D eigenvalue weighted by atomic mass is 9.81. The maximum atomic E-state index is 3.95. The second kappa shape index (κ2) is 19.5. The number of hydrogen-bond donors (Lipinski definition) is 0. The summed E-state index contributed by atoms with van der Waals surface area (Å²) in [7, 11) is 0. The summed E-state index contributed by atoms with van der Waals surface area (Å²) in [6.07, 6.45) is 27.7. The van der Waals surface area contributed by atoms with Crippen molar-refractivity contribution in [2.75, 3.05) is 0 Å². The van der Waals surface area contributed by atoms with Crippen LogP contribution in [0, 0.1) is 11.8 Å². The molecule has 0 bridgehead atoms. The maximum Gasteiger partial charge on any atom is -0.0132 e. The SMILES string of the molecule is C=CC[C](CC=C)C(CC=C)CCCCCCCCCCCCCC. The smallest absolute Gasteiger partial charge is 0.0132 e. The Morgan fingerprint density at radius 2 is 1.08 bits per heavy atom. The van der Waals surface area contributed by atoms with Crippen LogP contribution in [-0.4, -0.2) is 0 Å². The van der Waals surface area contributed by atoms with Crippen LogP contribution in [-0.2, 0) is 0 Å². The highest BCUT2D eigenvalue weighted by Crippen LogP contribution is 2.31. The quantitative estimate of drug-likeness (QED) is 0.152. The monoisotopic (exact) mass is 345 g/mol. The molecule has 0 aliphatic carbocycles. The van der Waals surface area contributed by atoms with E-state index in [0.717, 1.165) is 19.3 Å². The van der Waals surface area contributed by atoms with Gasteiger partial charge in [0.05, 0.1) is 0 Å². The normalized spacial score (nSPS) is 12.2. The Morgan fingerprint density at radius 1 is 0.640 bits per heavy atom. The third-order valence-electron chi connectivity index (χ3n) is 5.25. The van der Waals surface area contributed by atoms with Gasteiger partial charge in [-0.05, 0) is 37.5 Å². The average molecular weight is 346 g/mol. The molecule has 0 amide bonds. The Hall–Kier alpha value is -0.780. The van der Waals surface area contributed by atoms with Gasteiger partial charge in [-0.15, -0.1) is 19.7 Å². The lowest BCUT2D eigenvalue weighted by Gasteiger charge is -2.24. The van der Waals surface area contributed by atoms with E-state index < -0.39 is 0 Å². The van der Waals surface area contributed by atoms with E-state index in [0.29, 0.717) is 5.92 Å². The summed E-state index contributed by atoms with van der Waals surface area (Å²) in [5.41, 5.74) is 0. The molecule has 1 radical (unpaired) electrons. The van der Waals surface area contributed by atoms with Crippen LogP contribution in [0.25, 0.3) is 0 Å². The number of allylic oxidation sites excluding steroid dienone is 3. The lowest BCUT2D eigenvalue weighted by molar-refractivity contribution is 0.448. The molecule has 0 fully saturated rings. The molecule has 0 saturated heterocycles. The van der Waals surface area contributed by atoms with Crippen LogP contribution in [0.4, 0.5) is 0 Å². The summed E-state index contributed by atoms with van der Waals surface area (Å²) in [5, 5.41) is 0. The zero-order valence-electron chi connectivity index (χ0n) is 17.2. The zero-order valence-corrected chi connectivity index (χ0v) is 17.2. The highest BCUT2D eigenvalue weighted by Gasteiger charge is 2.18. The second-order valence-electron chi connectivity index (χ2n) is 7.54. The molecule has 0 saturated carbocycles. The fourth-order valence-electron chi connectivity index (χ4n) is 3.71. The van der Waals surface area contributed by atoms with Crippen LogP contribution >= 0.6 is 0 Å². The second-order valence-corrected chi connectivity index (χ2v) is 7.54. The molecule has 1 unspecified atom stereocenters. The van der Waals surface area contributed by atoms with Gasteiger partial charge >= 0.3 is 0 Å². The fraction of sp³-hybridized carbons (Fsp3) is 0.720. The van der Waals surface area contributed by atoms with E-state index in [2.05, 4.69) is 32.7 Å². The molecule has 0 nitrogen and oxygen atoms in total. The van der Waals surface area contributed by atoms with Gasteiger partial charge in [0.2, 0.25) is 0 Å². The summed E-state index contributed by atoms with van der Waals surface area (Å²) in [6, 6.07) is 0. The van der Waals surface area contributed by atoms with Crippen molar-refractivity contribution in [3.05, 3.63) is 43.9 Å². The summed E-state index contributed by atoms with van der Waals surface area (Å²) in [5.74, 6) is 2.27. The minimum Gasteiger partial charge on any atom is -0.103 e. The first-order valence-electron chi connectivity index (χ1n) is 11.0. The standard InChI is InChI=1S/C25H45/c1-5-9-10-11-12-13-14-15-16-17-18-19-23-25(22-8-4)24(20-6-2)21-7-3/h6-8,25H,2-5,9-23H2,1H3. The molecule has 0 aromatic heterocycles. The van der Waals surface area contributed by atoms with Crippen LogP contribution in [0.2, 0.25) is 0 Å². The van der Waals surface area contributed by atoms with Gasteiger partial charge in [0.1, 0.15) is 0 Å². The molecular weight excluding hydrogens is 300 g/mol. The van der Waals surface area contributed by atoms with Crippen LogP contribution in [0.1, 0.15) is 110 Å². The van der Waals surface area contributed by atoms with Crippen molar-refractivity contribution < 1.29 is 0 Å². The van der Waals surface area contributed by atoms with Gasteiger partial charge in [-0.2, -0.15) is 0 Å². The Labute approximate surface area is 159 Å². The van der Waals surface area contributed by atoms with Gasteiger partial charge in [-0.1, -0.05) is 102 Å². The Balaban J connectivity index is 3.66. The molecule has 0 aromatic carbocycles. The van der Waals surface area contributed by atoms with Crippen LogP contribution < -0.4 is 0 Å². The molecule has 0 spiro atoms. The van der Waals surface area contributed by atoms with E-state index >= 15 is 0 Å². The minimum atomic E-state index is 0.677. The van der Waals surface area contributed by atoms with E-state index in [9.17, 15) is 0 Å². The molecule has 0 heteroatoms. The van der Waals surface area contributed by atoms with Gasteiger partial charge in [0, 0.05) is 0 Å². The van der Waals surface area contributed by atoms with E-state index in [-0.39, 0.29) is 0 Å². The first kappa shape index (κ1) is 24.2. The van der Waals surface area contributed by atoms with E-state index in [1.807, 2.05) is 12.2 Å². The minimum absolute atomic E-state index is 0.677. The molecule has 0 aromatic rings. The third-order valence-corrected chi connectivity index (χ3v) is 5.25. The highest BCUT2D eigenvalue weighted by molar-refractivity contribution is 5.06. The lowest BCUT2D eigenvalue weighted by Crippen LogP contribution is -2.11. The first-order chi connectivity index (χ1) is 12.3. The molecule has 0 aliphatic heterocycles. The highest BCUT2D eigenvalue weighted by atomic mass is 14.2. The van der Waals surface area contributed by atoms with Gasteiger partial charge in [-0.25, -0.2) is 0 Å². The Bertz CT molecular complexity index is 291. The summed E-state index contributed by atoms with van der Waals surface area (Å²) in [6.45, 7) is 14.1. The van der Waals surface area contributed by atoms with Crippen molar-refractivity contribution >= 4 is 0 Å². The largest absolute Gasteiger partial charge is 0.103 e. The number of unbranched alkanes of at least 4 members (excludes halogenated alkanes) is 11. The molecule has 0 N–H and O–H groups in total. The molecule has 145 valence electrons. The van der Waals surface area contributed by atoms with E-state index in [4.69, 9.17) is 0 Å². The fourth-order valence-corrected chi connectivity index (χ4v) is 3.71. The van der Waals surface area contributed by atoms with E-state index in [1.165, 1.54) is 83.5 Å². The van der Waals surface area contributed by atoms with Gasteiger partial charge < -0.3 is 0 Å². The van der Waals surface area contributed by atoms with Crippen LogP contribution in [0.3, 0.4) is 0 Å². The molecule has 0 aliphatic rings. The summed E-state index contributed by atoms with van der Waals surface area (Å²) < 4.78 is 0. The molecular formula is C25H45. The van der Waals surface area contributed by atoms with Gasteiger partial charge in [-0.3, -0.25) is 0 Å².